The summed E-state index contributed by atoms with van der Waals surface area (Å²) >= 11 is 0. The molecule has 0 bridgehead atoms. The Kier molecular flexibility index (Phi) is 57.2. The van der Waals surface area contributed by atoms with Crippen LogP contribution in [0.15, 0.2) is 0 Å². The zero-order valence-corrected chi connectivity index (χ0v) is 45.1. The summed E-state index contributed by atoms with van der Waals surface area (Å²) in [5.74, 6) is -0.0226. The number of nitrogens with one attached hydrogen (secondary N) is 1. The molecule has 2 unspecified atom stereocenters. The minimum atomic E-state index is -0.654. The molecule has 0 saturated heterocycles. The molecule has 0 aliphatic carbocycles. The molecule has 0 aliphatic heterocycles. The normalized spacial score (nSPS) is 12.6. The minimum absolute atomic E-state index is 0.0226. The molecule has 0 heterocycles. The zero-order valence-electron chi connectivity index (χ0n) is 45.1. The van der Waals surface area contributed by atoms with Gasteiger partial charge >= 0.3 is 0 Å². The molecule has 0 rings (SSSR count). The van der Waals surface area contributed by atoms with E-state index in [1.807, 2.05) is 0 Å². The Hall–Kier alpha value is -0.610. The van der Waals surface area contributed by atoms with E-state index in [0.717, 1.165) is 25.7 Å². The number of hydrogen-bond donors (Lipinski definition) is 3. The Labute approximate surface area is 410 Å². The van der Waals surface area contributed by atoms with Crippen LogP contribution in [0.5, 0.6) is 0 Å². The smallest absolute Gasteiger partial charge is 0.220 e. The number of hydrogen-bond acceptors (Lipinski definition) is 3. The van der Waals surface area contributed by atoms with Crippen molar-refractivity contribution < 1.29 is 15.0 Å². The lowest BCUT2D eigenvalue weighted by Gasteiger charge is -2.22. The van der Waals surface area contributed by atoms with E-state index in [9.17, 15) is 15.0 Å². The van der Waals surface area contributed by atoms with Crippen LogP contribution in [-0.4, -0.2) is 34.9 Å². The molecule has 65 heavy (non-hydrogen) atoms. The van der Waals surface area contributed by atoms with Gasteiger partial charge in [-0.2, -0.15) is 0 Å². The Balaban J connectivity index is 3.31. The van der Waals surface area contributed by atoms with Gasteiger partial charge in [0.15, 0.2) is 0 Å². The largest absolute Gasteiger partial charge is 0.394 e. The van der Waals surface area contributed by atoms with Crippen molar-refractivity contribution >= 4 is 5.91 Å². The maximum Gasteiger partial charge on any atom is 0.220 e. The van der Waals surface area contributed by atoms with Crippen LogP contribution in [0.3, 0.4) is 0 Å². The third kappa shape index (κ3) is 54.2. The quantitative estimate of drug-likeness (QED) is 0.0533. The van der Waals surface area contributed by atoms with Crippen LogP contribution in [0.25, 0.3) is 0 Å². The van der Waals surface area contributed by atoms with Gasteiger partial charge in [0.1, 0.15) is 0 Å². The third-order valence-electron chi connectivity index (χ3n) is 14.9. The van der Waals surface area contributed by atoms with E-state index in [2.05, 4.69) is 19.2 Å². The summed E-state index contributed by atoms with van der Waals surface area (Å²) in [7, 11) is 0. The lowest BCUT2D eigenvalue weighted by Crippen LogP contribution is -2.45. The van der Waals surface area contributed by atoms with Crippen LogP contribution < -0.4 is 5.32 Å². The highest BCUT2D eigenvalue weighted by Gasteiger charge is 2.20. The van der Waals surface area contributed by atoms with E-state index >= 15 is 0 Å². The van der Waals surface area contributed by atoms with Crippen LogP contribution in [0.2, 0.25) is 0 Å². The number of aliphatic hydroxyl groups excluding tert-OH is 2. The summed E-state index contributed by atoms with van der Waals surface area (Å²) in [6.45, 7) is 4.40. The fourth-order valence-corrected chi connectivity index (χ4v) is 10.2. The fourth-order valence-electron chi connectivity index (χ4n) is 10.2. The maximum atomic E-state index is 12.5. The molecular weight excluding hydrogens is 795 g/mol. The molecule has 1 amide bonds. The number of amides is 1. The predicted octanol–water partition coefficient (Wildman–Crippen LogP) is 20.3. The van der Waals surface area contributed by atoms with Gasteiger partial charge in [0.05, 0.1) is 18.8 Å². The Bertz CT molecular complexity index is 864. The molecule has 0 spiro atoms. The lowest BCUT2D eigenvalue weighted by molar-refractivity contribution is -0.123. The van der Waals surface area contributed by atoms with Crippen LogP contribution in [0.4, 0.5) is 0 Å². The standard InChI is InChI=1S/C61H123NO3/c1-3-5-7-9-11-13-15-17-19-20-21-22-23-24-25-26-27-28-29-30-31-32-33-34-35-36-37-38-39-40-41-42-43-45-47-49-51-53-55-57-61(65)62-59(58-63)60(64)56-54-52-50-48-46-44-18-16-14-12-10-8-6-4-2/h59-60,63-64H,3-58H2,1-2H3,(H,62,65). The topological polar surface area (TPSA) is 69.6 Å². The Morgan fingerprint density at radius 3 is 0.692 bits per heavy atom. The summed E-state index contributed by atoms with van der Waals surface area (Å²) in [6, 6.07) is -0.530. The van der Waals surface area contributed by atoms with E-state index in [0.29, 0.717) is 12.8 Å². The number of aliphatic hydroxyl groups is 2. The number of carbonyl (C=O) groups is 1. The van der Waals surface area contributed by atoms with Crippen molar-refractivity contribution in [3.8, 4) is 0 Å². The van der Waals surface area contributed by atoms with Crippen LogP contribution in [0.1, 0.15) is 367 Å². The predicted molar refractivity (Wildman–Crippen MR) is 290 cm³/mol. The van der Waals surface area contributed by atoms with Crippen molar-refractivity contribution in [3.05, 3.63) is 0 Å². The summed E-state index contributed by atoms with van der Waals surface area (Å²) in [5.41, 5.74) is 0. The summed E-state index contributed by atoms with van der Waals surface area (Å²) in [5, 5.41) is 23.3. The summed E-state index contributed by atoms with van der Waals surface area (Å²) in [6.07, 6.45) is 74.2. The highest BCUT2D eigenvalue weighted by Crippen LogP contribution is 2.19. The van der Waals surface area contributed by atoms with Crippen molar-refractivity contribution in [3.63, 3.8) is 0 Å². The highest BCUT2D eigenvalue weighted by molar-refractivity contribution is 5.76. The van der Waals surface area contributed by atoms with Crippen molar-refractivity contribution in [1.29, 1.82) is 0 Å². The van der Waals surface area contributed by atoms with E-state index in [1.165, 1.54) is 315 Å². The van der Waals surface area contributed by atoms with Gasteiger partial charge in [-0.3, -0.25) is 4.79 Å². The molecular formula is C61H123NO3. The van der Waals surface area contributed by atoms with E-state index in [4.69, 9.17) is 0 Å². The van der Waals surface area contributed by atoms with Crippen molar-refractivity contribution in [1.82, 2.24) is 5.32 Å². The van der Waals surface area contributed by atoms with Gasteiger partial charge in [-0.25, -0.2) is 0 Å². The molecule has 0 radical (unpaired) electrons. The molecule has 390 valence electrons. The molecule has 4 heteroatoms. The number of rotatable bonds is 58. The molecule has 0 aromatic rings. The van der Waals surface area contributed by atoms with Gasteiger partial charge < -0.3 is 15.5 Å². The average Bonchev–Trinajstić information content (AvgIpc) is 3.31. The Morgan fingerprint density at radius 2 is 0.492 bits per heavy atom. The molecule has 0 aromatic carbocycles. The maximum absolute atomic E-state index is 12.5. The fraction of sp³-hybridized carbons (Fsp3) is 0.984. The third-order valence-corrected chi connectivity index (χ3v) is 14.9. The second-order valence-electron chi connectivity index (χ2n) is 21.5. The molecule has 4 nitrogen and oxygen atoms in total. The van der Waals surface area contributed by atoms with Crippen molar-refractivity contribution in [2.24, 2.45) is 0 Å². The van der Waals surface area contributed by atoms with Gasteiger partial charge in [0.25, 0.3) is 0 Å². The molecule has 3 N–H and O–H groups in total. The first kappa shape index (κ1) is 64.4. The van der Waals surface area contributed by atoms with Gasteiger partial charge in [0.2, 0.25) is 5.91 Å². The van der Waals surface area contributed by atoms with Crippen LogP contribution in [0, 0.1) is 0 Å². The van der Waals surface area contributed by atoms with E-state index < -0.39 is 12.1 Å². The monoisotopic (exact) mass is 918 g/mol. The molecule has 2 atom stereocenters. The number of carbonyl (C=O) groups excluding carboxylic acids is 1. The van der Waals surface area contributed by atoms with E-state index in [1.54, 1.807) is 0 Å². The second-order valence-corrected chi connectivity index (χ2v) is 21.5. The van der Waals surface area contributed by atoms with Gasteiger partial charge in [-0.1, -0.05) is 348 Å². The zero-order chi connectivity index (χ0) is 47.0. The average molecular weight is 919 g/mol. The van der Waals surface area contributed by atoms with Crippen molar-refractivity contribution in [2.45, 2.75) is 379 Å². The van der Waals surface area contributed by atoms with E-state index in [-0.39, 0.29) is 12.5 Å². The summed E-state index contributed by atoms with van der Waals surface area (Å²) in [4.78, 5) is 12.5. The minimum Gasteiger partial charge on any atom is -0.394 e. The molecule has 0 saturated carbocycles. The molecule has 0 fully saturated rings. The lowest BCUT2D eigenvalue weighted by atomic mass is 10.0. The second kappa shape index (κ2) is 57.7. The van der Waals surface area contributed by atoms with Gasteiger partial charge in [0, 0.05) is 6.42 Å². The summed E-state index contributed by atoms with van der Waals surface area (Å²) < 4.78 is 0. The SMILES string of the molecule is CCCCCCCCCCCCCCCCCCCCCCCCCCCCCCCCCCCCCCCCCC(=O)NC(CO)C(O)CCCCCCCCCCCCCCCC. The van der Waals surface area contributed by atoms with Gasteiger partial charge in [-0.05, 0) is 12.8 Å². The number of unbranched alkanes of at least 4 members (excludes halogenated alkanes) is 51. The molecule has 0 aromatic heterocycles. The first-order chi connectivity index (χ1) is 32.2. The van der Waals surface area contributed by atoms with Crippen LogP contribution >= 0.6 is 0 Å². The van der Waals surface area contributed by atoms with Crippen LogP contribution in [-0.2, 0) is 4.79 Å². The first-order valence-electron chi connectivity index (χ1n) is 30.7. The van der Waals surface area contributed by atoms with Gasteiger partial charge in [-0.15, -0.1) is 0 Å². The van der Waals surface area contributed by atoms with Crippen molar-refractivity contribution in [2.75, 3.05) is 6.61 Å². The Morgan fingerprint density at radius 1 is 0.308 bits per heavy atom. The molecule has 0 aliphatic rings. The first-order valence-corrected chi connectivity index (χ1v) is 30.7. The highest BCUT2D eigenvalue weighted by atomic mass is 16.3.